The second-order valence-corrected chi connectivity index (χ2v) is 7.50. The van der Waals surface area contributed by atoms with E-state index in [1.165, 1.54) is 5.56 Å². The van der Waals surface area contributed by atoms with E-state index in [1.807, 2.05) is 49.4 Å². The van der Waals surface area contributed by atoms with Crippen LogP contribution in [0.1, 0.15) is 23.6 Å². The van der Waals surface area contributed by atoms with E-state index in [-0.39, 0.29) is 12.4 Å². The molecule has 1 N–H and O–H groups in total. The third kappa shape index (κ3) is 7.19. The molecule has 3 rings (SSSR count). The fraction of sp³-hybridized carbons (Fsp3) is 0.227. The van der Waals surface area contributed by atoms with Crippen LogP contribution in [0.2, 0.25) is 5.02 Å². The van der Waals surface area contributed by atoms with Gasteiger partial charge < -0.3 is 14.8 Å². The monoisotopic (exact) mass is 496 g/mol. The van der Waals surface area contributed by atoms with Gasteiger partial charge in [0.15, 0.2) is 11.5 Å². The quantitative estimate of drug-likeness (QED) is 0.383. The molecule has 29 heavy (non-hydrogen) atoms. The minimum Gasteiger partial charge on any atom is -0.490 e. The molecule has 0 unspecified atom stereocenters. The van der Waals surface area contributed by atoms with Crippen molar-refractivity contribution >= 4 is 39.9 Å². The molecule has 154 valence electrons. The molecule has 0 aliphatic carbocycles. The smallest absolute Gasteiger partial charge is 0.175 e. The zero-order chi connectivity index (χ0) is 19.8. The molecule has 0 radical (unpaired) electrons. The van der Waals surface area contributed by atoms with Crippen LogP contribution in [0.25, 0.3) is 0 Å². The normalized spacial score (nSPS) is 10.3. The van der Waals surface area contributed by atoms with Gasteiger partial charge in [-0.3, -0.25) is 4.98 Å². The van der Waals surface area contributed by atoms with Crippen LogP contribution in [-0.4, -0.2) is 11.6 Å². The molecular weight excluding hydrogens is 475 g/mol. The molecule has 0 spiro atoms. The second kappa shape index (κ2) is 12.0. The van der Waals surface area contributed by atoms with E-state index >= 15 is 0 Å². The molecule has 0 saturated carbocycles. The van der Waals surface area contributed by atoms with E-state index < -0.39 is 0 Å². The predicted molar refractivity (Wildman–Crippen MR) is 123 cm³/mol. The highest BCUT2D eigenvalue weighted by molar-refractivity contribution is 9.10. The van der Waals surface area contributed by atoms with E-state index in [0.717, 1.165) is 34.4 Å². The Hall–Kier alpha value is -1.79. The van der Waals surface area contributed by atoms with Crippen LogP contribution >= 0.6 is 39.9 Å². The Balaban J connectivity index is 0.00000300. The van der Waals surface area contributed by atoms with Gasteiger partial charge in [-0.1, -0.05) is 23.7 Å². The van der Waals surface area contributed by atoms with Crippen LogP contribution < -0.4 is 14.8 Å². The molecule has 1 heterocycles. The van der Waals surface area contributed by atoms with Crippen LogP contribution in [0.4, 0.5) is 0 Å². The summed E-state index contributed by atoms with van der Waals surface area (Å²) in [7, 11) is 0. The number of rotatable bonds is 9. The molecule has 0 fully saturated rings. The van der Waals surface area contributed by atoms with Crippen molar-refractivity contribution in [3.8, 4) is 11.5 Å². The molecule has 4 nitrogen and oxygen atoms in total. The van der Waals surface area contributed by atoms with Crippen LogP contribution in [0.5, 0.6) is 11.5 Å². The average molecular weight is 498 g/mol. The second-order valence-electron chi connectivity index (χ2n) is 6.21. The van der Waals surface area contributed by atoms with Crippen molar-refractivity contribution < 1.29 is 9.47 Å². The van der Waals surface area contributed by atoms with Gasteiger partial charge in [-0.25, -0.2) is 0 Å². The fourth-order valence-electron chi connectivity index (χ4n) is 2.71. The zero-order valence-electron chi connectivity index (χ0n) is 16.0. The van der Waals surface area contributed by atoms with Gasteiger partial charge in [-0.2, -0.15) is 0 Å². The van der Waals surface area contributed by atoms with Gasteiger partial charge in [0.25, 0.3) is 0 Å². The maximum Gasteiger partial charge on any atom is 0.175 e. The topological polar surface area (TPSA) is 43.4 Å². The minimum atomic E-state index is 0. The van der Waals surface area contributed by atoms with Gasteiger partial charge in [0.2, 0.25) is 0 Å². The summed E-state index contributed by atoms with van der Waals surface area (Å²) in [6, 6.07) is 15.7. The van der Waals surface area contributed by atoms with E-state index in [0.29, 0.717) is 24.0 Å². The summed E-state index contributed by atoms with van der Waals surface area (Å²) in [6.07, 6.45) is 3.60. The lowest BCUT2D eigenvalue weighted by Gasteiger charge is -2.16. The average Bonchev–Trinajstić information content (AvgIpc) is 2.70. The molecule has 0 aliphatic rings. The SMILES string of the molecule is CCOc1cc(CNCc2ccncc2)cc(Br)c1OCc1ccc(Cl)cc1.Cl. The summed E-state index contributed by atoms with van der Waals surface area (Å²) in [4.78, 5) is 4.04. The summed E-state index contributed by atoms with van der Waals surface area (Å²) in [5.74, 6) is 1.43. The molecule has 1 aromatic heterocycles. The number of ether oxygens (including phenoxy) is 2. The first kappa shape index (κ1) is 23.5. The third-order valence-corrected chi connectivity index (χ3v) is 4.91. The highest BCUT2D eigenvalue weighted by atomic mass is 79.9. The molecule has 3 aromatic rings. The summed E-state index contributed by atoms with van der Waals surface area (Å²) in [5.41, 5.74) is 3.35. The Kier molecular flexibility index (Phi) is 9.74. The zero-order valence-corrected chi connectivity index (χ0v) is 19.2. The molecule has 0 aliphatic heterocycles. The summed E-state index contributed by atoms with van der Waals surface area (Å²) < 4.78 is 12.7. The highest BCUT2D eigenvalue weighted by Gasteiger charge is 2.13. The number of hydrogen-bond donors (Lipinski definition) is 1. The lowest BCUT2D eigenvalue weighted by molar-refractivity contribution is 0.267. The van der Waals surface area contributed by atoms with Crippen molar-refractivity contribution in [3.63, 3.8) is 0 Å². The number of pyridine rings is 1. The Labute approximate surface area is 191 Å². The van der Waals surface area contributed by atoms with Crippen molar-refractivity contribution in [2.75, 3.05) is 6.61 Å². The molecule has 0 saturated heterocycles. The van der Waals surface area contributed by atoms with Crippen LogP contribution in [-0.2, 0) is 19.7 Å². The molecule has 0 atom stereocenters. The predicted octanol–water partition coefficient (Wildman–Crippen LogP) is 6.19. The number of aromatic nitrogens is 1. The van der Waals surface area contributed by atoms with Crippen LogP contribution in [0, 0.1) is 0 Å². The number of nitrogens with one attached hydrogen (secondary N) is 1. The van der Waals surface area contributed by atoms with E-state index in [1.54, 1.807) is 12.4 Å². The lowest BCUT2D eigenvalue weighted by Crippen LogP contribution is -2.13. The summed E-state index contributed by atoms with van der Waals surface area (Å²) in [5, 5.41) is 4.15. The van der Waals surface area contributed by atoms with Gasteiger partial charge in [-0.05, 0) is 75.9 Å². The number of hydrogen-bond acceptors (Lipinski definition) is 4. The van der Waals surface area contributed by atoms with Crippen LogP contribution in [0.3, 0.4) is 0 Å². The first-order valence-electron chi connectivity index (χ1n) is 9.07. The largest absolute Gasteiger partial charge is 0.490 e. The maximum absolute atomic E-state index is 6.03. The highest BCUT2D eigenvalue weighted by Crippen LogP contribution is 2.37. The summed E-state index contributed by atoms with van der Waals surface area (Å²) >= 11 is 9.57. The van der Waals surface area contributed by atoms with E-state index in [4.69, 9.17) is 21.1 Å². The van der Waals surface area contributed by atoms with Gasteiger partial charge in [0.1, 0.15) is 6.61 Å². The minimum absolute atomic E-state index is 0. The molecule has 0 amide bonds. The van der Waals surface area contributed by atoms with E-state index in [9.17, 15) is 0 Å². The maximum atomic E-state index is 6.03. The fourth-order valence-corrected chi connectivity index (χ4v) is 3.44. The molecule has 0 bridgehead atoms. The number of nitrogens with zero attached hydrogens (tertiary/aromatic N) is 1. The molecule has 7 heteroatoms. The van der Waals surface area contributed by atoms with Crippen molar-refractivity contribution in [3.05, 3.63) is 87.1 Å². The Morgan fingerprint density at radius 1 is 0.931 bits per heavy atom. The third-order valence-electron chi connectivity index (χ3n) is 4.07. The van der Waals surface area contributed by atoms with Gasteiger partial charge >= 0.3 is 0 Å². The number of benzene rings is 2. The lowest BCUT2D eigenvalue weighted by atomic mass is 10.2. The van der Waals surface area contributed by atoms with Crippen LogP contribution in [0.15, 0.2) is 65.4 Å². The van der Waals surface area contributed by atoms with Crippen molar-refractivity contribution in [1.29, 1.82) is 0 Å². The van der Waals surface area contributed by atoms with Crippen molar-refractivity contribution in [1.82, 2.24) is 10.3 Å². The van der Waals surface area contributed by atoms with Crippen molar-refractivity contribution in [2.24, 2.45) is 0 Å². The van der Waals surface area contributed by atoms with Gasteiger partial charge in [-0.15, -0.1) is 12.4 Å². The van der Waals surface area contributed by atoms with E-state index in [2.05, 4.69) is 32.3 Å². The Bertz CT molecular complexity index is 893. The Morgan fingerprint density at radius 3 is 2.31 bits per heavy atom. The Morgan fingerprint density at radius 2 is 1.62 bits per heavy atom. The first-order chi connectivity index (χ1) is 13.7. The molecule has 2 aromatic carbocycles. The van der Waals surface area contributed by atoms with Gasteiger partial charge in [0, 0.05) is 30.5 Å². The first-order valence-corrected chi connectivity index (χ1v) is 10.2. The number of halogens is 3. The molecular formula is C22H23BrCl2N2O2. The van der Waals surface area contributed by atoms with Gasteiger partial charge in [0.05, 0.1) is 11.1 Å². The van der Waals surface area contributed by atoms with Crippen molar-refractivity contribution in [2.45, 2.75) is 26.6 Å². The summed E-state index contributed by atoms with van der Waals surface area (Å²) in [6.45, 7) is 4.47. The standard InChI is InChI=1S/C22H22BrClN2O2.ClH/c1-2-27-21-12-18(14-26-13-16-7-9-25-10-8-16)11-20(23)22(21)28-15-17-3-5-19(24)6-4-17;/h3-12,26H,2,13-15H2,1H3;1H.